The maximum Gasteiger partial charge on any atom is 0.208 e. The fourth-order valence-corrected chi connectivity index (χ4v) is 4.27. The second-order valence-corrected chi connectivity index (χ2v) is 7.62. The van der Waals surface area contributed by atoms with Gasteiger partial charge in [0, 0.05) is 49.6 Å². The molecule has 0 radical (unpaired) electrons. The standard InChI is InChI=1S/C23H22N2O4/c26-19-4-2-16-13-17(1-3-18(16)19)21-22(27)20(14-25-9-11-28-12-10-25)29-23(21)15-5-7-24-8-6-15/h1,3,5-8,13,20H,2,4,9-12,14H2. The number of ether oxygens (including phenoxy) is 2. The van der Waals surface area contributed by atoms with Gasteiger partial charge < -0.3 is 9.47 Å². The van der Waals surface area contributed by atoms with Crippen molar-refractivity contribution >= 4 is 22.9 Å². The largest absolute Gasteiger partial charge is 0.479 e. The molecular formula is C23H22N2O4. The normalized spacial score (nSPS) is 22.1. The molecule has 3 heterocycles. The summed E-state index contributed by atoms with van der Waals surface area (Å²) in [6.45, 7) is 3.50. The van der Waals surface area contributed by atoms with Crippen molar-refractivity contribution in [1.29, 1.82) is 0 Å². The molecule has 2 aromatic rings. The average Bonchev–Trinajstić information content (AvgIpc) is 3.29. The topological polar surface area (TPSA) is 68.7 Å². The van der Waals surface area contributed by atoms with Gasteiger partial charge >= 0.3 is 0 Å². The van der Waals surface area contributed by atoms with E-state index >= 15 is 0 Å². The van der Waals surface area contributed by atoms with Crippen LogP contribution in [-0.4, -0.2) is 60.4 Å². The van der Waals surface area contributed by atoms with Crippen LogP contribution in [0, 0.1) is 0 Å². The second-order valence-electron chi connectivity index (χ2n) is 7.62. The highest BCUT2D eigenvalue weighted by molar-refractivity contribution is 6.31. The van der Waals surface area contributed by atoms with Crippen LogP contribution in [0.3, 0.4) is 0 Å². The highest BCUT2D eigenvalue weighted by atomic mass is 16.5. The Morgan fingerprint density at radius 3 is 2.59 bits per heavy atom. The Morgan fingerprint density at radius 1 is 1.00 bits per heavy atom. The number of aryl methyl sites for hydroxylation is 1. The maximum absolute atomic E-state index is 13.4. The smallest absolute Gasteiger partial charge is 0.208 e. The van der Waals surface area contributed by atoms with Gasteiger partial charge in [-0.05, 0) is 29.7 Å². The van der Waals surface area contributed by atoms with Crippen LogP contribution in [0.4, 0.5) is 0 Å². The van der Waals surface area contributed by atoms with Crippen molar-refractivity contribution in [3.8, 4) is 0 Å². The molecule has 1 fully saturated rings. The number of ketones is 2. The lowest BCUT2D eigenvalue weighted by Gasteiger charge is -2.28. The van der Waals surface area contributed by atoms with E-state index in [2.05, 4.69) is 9.88 Å². The van der Waals surface area contributed by atoms with Gasteiger partial charge in [0.15, 0.2) is 11.9 Å². The van der Waals surface area contributed by atoms with E-state index in [0.717, 1.165) is 41.8 Å². The fraction of sp³-hybridized carbons (Fsp3) is 0.348. The Balaban J connectivity index is 1.51. The van der Waals surface area contributed by atoms with Gasteiger partial charge in [-0.3, -0.25) is 19.5 Å². The molecule has 0 N–H and O–H groups in total. The Morgan fingerprint density at radius 2 is 1.79 bits per heavy atom. The third kappa shape index (κ3) is 3.39. The SMILES string of the molecule is O=C1CCc2cc(C3=C(c4ccncc4)OC(CN4CCOCC4)C3=O)ccc21. The van der Waals surface area contributed by atoms with Crippen LogP contribution in [-0.2, 0) is 20.7 Å². The summed E-state index contributed by atoms with van der Waals surface area (Å²) in [7, 11) is 0. The van der Waals surface area contributed by atoms with Crippen molar-refractivity contribution in [3.05, 3.63) is 65.0 Å². The second kappa shape index (κ2) is 7.54. The fourth-order valence-electron chi connectivity index (χ4n) is 4.27. The highest BCUT2D eigenvalue weighted by Gasteiger charge is 2.38. The summed E-state index contributed by atoms with van der Waals surface area (Å²) in [5, 5.41) is 0. The van der Waals surface area contributed by atoms with Crippen LogP contribution in [0.15, 0.2) is 42.7 Å². The zero-order chi connectivity index (χ0) is 19.8. The van der Waals surface area contributed by atoms with Crippen LogP contribution in [0.2, 0.25) is 0 Å². The molecule has 148 valence electrons. The zero-order valence-corrected chi connectivity index (χ0v) is 16.1. The molecule has 29 heavy (non-hydrogen) atoms. The first kappa shape index (κ1) is 18.2. The highest BCUT2D eigenvalue weighted by Crippen LogP contribution is 2.38. The van der Waals surface area contributed by atoms with E-state index < -0.39 is 6.10 Å². The molecule has 6 heteroatoms. The quantitative estimate of drug-likeness (QED) is 0.799. The number of aromatic nitrogens is 1. The van der Waals surface area contributed by atoms with E-state index in [1.807, 2.05) is 30.3 Å². The van der Waals surface area contributed by atoms with Crippen LogP contribution in [0.5, 0.6) is 0 Å². The number of Topliss-reactive ketones (excluding diaryl/α,β-unsaturated/α-hetero) is 2. The zero-order valence-electron chi connectivity index (χ0n) is 16.1. The lowest BCUT2D eigenvalue weighted by atomic mass is 9.94. The van der Waals surface area contributed by atoms with E-state index in [1.54, 1.807) is 12.4 Å². The third-order valence-corrected chi connectivity index (χ3v) is 5.81. The number of carbonyl (C=O) groups is 2. The van der Waals surface area contributed by atoms with Crippen LogP contribution >= 0.6 is 0 Å². The van der Waals surface area contributed by atoms with Crippen LogP contribution in [0.25, 0.3) is 11.3 Å². The number of pyridine rings is 1. The van der Waals surface area contributed by atoms with Crippen molar-refractivity contribution in [2.75, 3.05) is 32.8 Å². The van der Waals surface area contributed by atoms with Gasteiger partial charge in [-0.1, -0.05) is 18.2 Å². The number of hydrogen-bond donors (Lipinski definition) is 0. The van der Waals surface area contributed by atoms with E-state index in [-0.39, 0.29) is 11.6 Å². The molecule has 1 aromatic carbocycles. The molecule has 1 unspecified atom stereocenters. The van der Waals surface area contributed by atoms with Crippen molar-refractivity contribution in [1.82, 2.24) is 9.88 Å². The van der Waals surface area contributed by atoms with E-state index in [9.17, 15) is 9.59 Å². The van der Waals surface area contributed by atoms with E-state index in [1.165, 1.54) is 0 Å². The number of benzene rings is 1. The first-order valence-corrected chi connectivity index (χ1v) is 10.0. The molecule has 6 nitrogen and oxygen atoms in total. The van der Waals surface area contributed by atoms with Gasteiger partial charge in [0.1, 0.15) is 5.76 Å². The number of carbonyl (C=O) groups excluding carboxylic acids is 2. The molecule has 1 aliphatic carbocycles. The van der Waals surface area contributed by atoms with Crippen molar-refractivity contribution < 1.29 is 19.1 Å². The van der Waals surface area contributed by atoms with Gasteiger partial charge in [0.05, 0.1) is 18.8 Å². The minimum atomic E-state index is -0.541. The van der Waals surface area contributed by atoms with Crippen LogP contribution < -0.4 is 0 Å². The first-order chi connectivity index (χ1) is 14.2. The third-order valence-electron chi connectivity index (χ3n) is 5.81. The molecule has 5 rings (SSSR count). The van der Waals surface area contributed by atoms with E-state index in [0.29, 0.717) is 37.5 Å². The predicted octanol–water partition coefficient (Wildman–Crippen LogP) is 2.38. The number of fused-ring (bicyclic) bond motifs is 1. The monoisotopic (exact) mass is 390 g/mol. The number of hydrogen-bond acceptors (Lipinski definition) is 6. The van der Waals surface area contributed by atoms with Crippen LogP contribution in [0.1, 0.15) is 33.5 Å². The minimum Gasteiger partial charge on any atom is -0.479 e. The lowest BCUT2D eigenvalue weighted by Crippen LogP contribution is -2.42. The molecule has 1 atom stereocenters. The Bertz CT molecular complexity index is 993. The predicted molar refractivity (Wildman–Crippen MR) is 107 cm³/mol. The summed E-state index contributed by atoms with van der Waals surface area (Å²) < 4.78 is 11.6. The summed E-state index contributed by atoms with van der Waals surface area (Å²) >= 11 is 0. The summed E-state index contributed by atoms with van der Waals surface area (Å²) in [5.74, 6) is 0.765. The molecular weight excluding hydrogens is 368 g/mol. The number of rotatable bonds is 4. The van der Waals surface area contributed by atoms with Gasteiger partial charge in [-0.25, -0.2) is 0 Å². The van der Waals surface area contributed by atoms with Gasteiger partial charge in [-0.15, -0.1) is 0 Å². The van der Waals surface area contributed by atoms with Crippen molar-refractivity contribution in [2.24, 2.45) is 0 Å². The summed E-state index contributed by atoms with van der Waals surface area (Å²) in [6.07, 6.45) is 4.13. The molecule has 0 bridgehead atoms. The molecule has 0 saturated carbocycles. The van der Waals surface area contributed by atoms with E-state index in [4.69, 9.17) is 9.47 Å². The number of morpholine rings is 1. The lowest BCUT2D eigenvalue weighted by molar-refractivity contribution is -0.120. The number of nitrogens with zero attached hydrogens (tertiary/aromatic N) is 2. The molecule has 2 aliphatic heterocycles. The Hall–Kier alpha value is -2.83. The molecule has 3 aliphatic rings. The van der Waals surface area contributed by atoms with Gasteiger partial charge in [0.2, 0.25) is 5.78 Å². The Labute approximate surface area is 169 Å². The van der Waals surface area contributed by atoms with Gasteiger partial charge in [0.25, 0.3) is 0 Å². The van der Waals surface area contributed by atoms with Crippen molar-refractivity contribution in [2.45, 2.75) is 18.9 Å². The van der Waals surface area contributed by atoms with Crippen molar-refractivity contribution in [3.63, 3.8) is 0 Å². The summed E-state index contributed by atoms with van der Waals surface area (Å²) in [4.78, 5) is 31.7. The average molecular weight is 390 g/mol. The molecule has 1 aromatic heterocycles. The first-order valence-electron chi connectivity index (χ1n) is 10.0. The molecule has 1 saturated heterocycles. The maximum atomic E-state index is 13.4. The molecule has 0 spiro atoms. The molecule has 0 amide bonds. The summed E-state index contributed by atoms with van der Waals surface area (Å²) in [5.41, 5.74) is 4.04. The van der Waals surface area contributed by atoms with Gasteiger partial charge in [-0.2, -0.15) is 0 Å². The minimum absolute atomic E-state index is 0.00687. The Kier molecular flexibility index (Phi) is 4.73. The summed E-state index contributed by atoms with van der Waals surface area (Å²) in [6, 6.07) is 9.42.